The van der Waals surface area contributed by atoms with Crippen molar-refractivity contribution in [1.29, 1.82) is 0 Å². The number of para-hydroxylation sites is 1. The van der Waals surface area contributed by atoms with Gasteiger partial charge in [0.05, 0.1) is 45.8 Å². The lowest BCUT2D eigenvalue weighted by Crippen LogP contribution is -2.49. The number of rotatable bonds is 30. The Kier molecular flexibility index (Phi) is 57.9. The van der Waals surface area contributed by atoms with Crippen molar-refractivity contribution in [2.75, 3.05) is 0 Å². The lowest BCUT2D eigenvalue weighted by Gasteiger charge is -2.21. The van der Waals surface area contributed by atoms with Gasteiger partial charge in [0, 0.05) is 44.5 Å². The van der Waals surface area contributed by atoms with E-state index in [1.807, 2.05) is 47.2 Å². The second-order valence-electron chi connectivity index (χ2n) is 27.3. The van der Waals surface area contributed by atoms with Gasteiger partial charge in [-0.1, -0.05) is 159 Å². The molecule has 55 nitrogen and oxygen atoms in total. The van der Waals surface area contributed by atoms with E-state index in [-0.39, 0.29) is 50.8 Å². The fourth-order valence-electron chi connectivity index (χ4n) is 9.41. The molecule has 58 heteroatoms. The standard InChI is InChI=1S/C13H12O8.C11H8O3.C8H7BrO2.C7H5BrO2.C7H5NO4.C7H8O3S.C7H6O3.C7H6O2.C6H10O8.C6H8O7.C5H4N2O4.C4H6O6/c14-9(7-4-2-1-3-5-7)6-8(11(15)16)10(12(17)18)21-13(19)20;12-10-8-4-2-1-3-7(8)5-6-9(10)11(13)14;9-7-4-2-1-3-6(7)5-8(10)11;8-6-3-1-5(2-4-6)7(9)10;9-7(10)5-1-3-6(4-2-5)8(11)12;1-6-2-4-7(5-3-6)11(8,9)10;8-6-4-2-1-3-5(6)7(9)10;8-7(9)6-4-2-1-3-5-6;7-1(3(9)5(11)12)2(8)4(10)6(13)14;7-3(8)1-6(13,5(11)12)2-4(9)10;8-3-1-2(4(9)10)6-5(11)7-3;5-1(3(7)8)2(6)4(9)10/h1-5,8,10H,6H2,(H,15,16)(H,17,18)(H,19,20);1-6,12H,(H,13,14);1-4H,5H2,(H,10,11);1-4H,(H,9,10);1-4H,(H,9,10);2-5H,1H3,(H,8,9,10);1-4,8H,(H,9,10);1-5H,(H,8,9);1-4,7-10H,(H,11,12)(H,13,14);13H,1-2H2,(H,7,8)(H,9,10)(H,11,12);1H,(H,9,10)(H2,6,7,8,11);1-2,5-6H,(H,7,8)(H,9,10)/t8-,10-;;;;;;;;1-,2+,3+,4-;;;1-,2-/m1..........1/s1. The number of aromatic carboxylic acids is 6. The lowest BCUT2D eigenvalue weighted by atomic mass is 9.93. The molecule has 0 spiro atoms. The van der Waals surface area contributed by atoms with Crippen molar-refractivity contribution < 1.29 is 242 Å². The number of H-pyrrole nitrogens is 2. The minimum atomic E-state index is -4.02. The maximum Gasteiger partial charge on any atom is 0.506 e. The monoisotopic (exact) mass is 2210 g/mol. The molecule has 0 unspecified atom stereocenters. The average molecular weight is 2210 g/mol. The number of non-ortho nitro benzene ring substituents is 1. The van der Waals surface area contributed by atoms with Gasteiger partial charge in [-0.25, -0.2) is 67.1 Å². The summed E-state index contributed by atoms with van der Waals surface area (Å²) in [4.78, 5) is 221. The topological polar surface area (TPSA) is 1010 Å². The van der Waals surface area contributed by atoms with Gasteiger partial charge in [-0.2, -0.15) is 8.42 Å². The number of carbonyl (C=O) groups is 18. The zero-order valence-electron chi connectivity index (χ0n) is 73.7. The lowest BCUT2D eigenvalue weighted by molar-refractivity contribution is -0.384. The third kappa shape index (κ3) is 51.2. The number of carboxylic acid groups (broad SMARTS) is 17. The molecule has 0 radical (unpaired) electrons. The van der Waals surface area contributed by atoms with Crippen LogP contribution in [0.5, 0.6) is 11.5 Å². The highest BCUT2D eigenvalue weighted by molar-refractivity contribution is 9.10. The minimum absolute atomic E-state index is 0.0422. The summed E-state index contributed by atoms with van der Waals surface area (Å²) < 4.78 is 35.3. The zero-order valence-corrected chi connectivity index (χ0v) is 77.7. The summed E-state index contributed by atoms with van der Waals surface area (Å²) >= 11 is 6.46. The van der Waals surface area contributed by atoms with E-state index in [2.05, 4.69) is 36.6 Å². The number of ketones is 1. The molecule has 0 aliphatic carbocycles. The van der Waals surface area contributed by atoms with Crippen LogP contribution in [0.15, 0.2) is 248 Å². The number of halogens is 2. The zero-order chi connectivity index (χ0) is 113. The number of nitro benzene ring substituents is 1. The summed E-state index contributed by atoms with van der Waals surface area (Å²) in [6, 6.07) is 57.2. The van der Waals surface area contributed by atoms with Gasteiger partial charge in [-0.3, -0.25) is 48.4 Å². The van der Waals surface area contributed by atoms with E-state index in [1.165, 1.54) is 54.6 Å². The number of benzene rings is 9. The first-order valence-corrected chi connectivity index (χ1v) is 41.8. The highest BCUT2D eigenvalue weighted by Gasteiger charge is 2.42. The van der Waals surface area contributed by atoms with Crippen molar-refractivity contribution in [3.63, 3.8) is 0 Å². The Morgan fingerprint density at radius 1 is 0.432 bits per heavy atom. The summed E-state index contributed by atoms with van der Waals surface area (Å²) in [5, 5.41) is 233. The number of aromatic nitrogens is 2. The first-order chi connectivity index (χ1) is 67.7. The number of Topliss-reactive ketones (excluding diaryl/α,β-unsaturated/α-hetero) is 1. The van der Waals surface area contributed by atoms with Gasteiger partial charge < -0.3 is 142 Å². The van der Waals surface area contributed by atoms with E-state index in [1.54, 1.807) is 121 Å². The van der Waals surface area contributed by atoms with Crippen molar-refractivity contribution in [2.45, 2.75) is 85.8 Å². The number of carbonyl (C=O) groups excluding carboxylic acids is 1. The molecule has 0 saturated carbocycles. The largest absolute Gasteiger partial charge is 0.507 e. The molecule has 0 bridgehead atoms. The number of fused-ring (bicyclic) bond motifs is 1. The Hall–Kier alpha value is -18.0. The highest BCUT2D eigenvalue weighted by atomic mass is 79.9. The molecule has 10 aromatic rings. The molecule has 0 saturated heterocycles. The SMILES string of the molecule is Cc1ccc(S(=O)(=O)O)cc1.O=C(O)CC(O)(CC(=O)O)C(=O)O.O=C(O)Cc1ccccc1Br.O=C(O)O[C@@H](C(=O)O)[C@@H](CC(=O)c1ccccc1)C(=O)O.O=C(O)[C@@H](O)[C@H](O)[C@H](O)[C@@H](O)C(=O)O.O=C(O)[C@H](O)[C@@H](O)C(=O)O.O=C(O)c1cc(=O)[nH]c(=O)[nH]1.O=C(O)c1ccc(Br)cc1.O=C(O)c1ccc([N+](=O)[O-])cc1.O=C(O)c1ccc2ccccc2c1O.O=C(O)c1ccccc1.O=C(O)c1ccccc1O. The fraction of sp³-hybridized carbons (Fsp3) is 0.159. The molecule has 0 aliphatic rings. The molecule has 146 heavy (non-hydrogen) atoms. The maximum absolute atomic E-state index is 11.9. The van der Waals surface area contributed by atoms with Crippen molar-refractivity contribution in [3.05, 3.63) is 315 Å². The van der Waals surface area contributed by atoms with Crippen molar-refractivity contribution in [3.8, 4) is 11.5 Å². The number of nitrogens with one attached hydrogen (secondary N) is 2. The third-order valence-corrected chi connectivity index (χ3v) is 18.7. The summed E-state index contributed by atoms with van der Waals surface area (Å²) in [6.45, 7) is 1.84. The van der Waals surface area contributed by atoms with Crippen LogP contribution in [0.4, 0.5) is 10.5 Å². The highest BCUT2D eigenvalue weighted by Crippen LogP contribution is 2.29. The molecule has 1 heterocycles. The van der Waals surface area contributed by atoms with Crippen LogP contribution in [0, 0.1) is 23.0 Å². The number of nitrogens with zero attached hydrogens (tertiary/aromatic N) is 1. The predicted molar refractivity (Wildman–Crippen MR) is 494 cm³/mol. The maximum atomic E-state index is 11.9. The molecule has 9 aromatic carbocycles. The van der Waals surface area contributed by atoms with E-state index in [0.29, 0.717) is 16.5 Å². The van der Waals surface area contributed by atoms with Gasteiger partial charge in [-0.15, -0.1) is 0 Å². The molecule has 8 atom stereocenters. The van der Waals surface area contributed by atoms with Gasteiger partial charge in [0.2, 0.25) is 6.10 Å². The Bertz CT molecular complexity index is 6300. The van der Waals surface area contributed by atoms with Gasteiger partial charge in [0.15, 0.2) is 35.8 Å². The number of carboxylic acids is 16. The van der Waals surface area contributed by atoms with Crippen LogP contribution in [-0.2, 0) is 69.2 Å². The van der Waals surface area contributed by atoms with Crippen LogP contribution in [0.2, 0.25) is 0 Å². The van der Waals surface area contributed by atoms with Gasteiger partial charge >= 0.3 is 107 Å². The number of hydrogen-bond donors (Lipinski definition) is 29. The molecule has 0 fully saturated rings. The fourth-order valence-corrected chi connectivity index (χ4v) is 10.6. The van der Waals surface area contributed by atoms with Crippen LogP contribution in [0.1, 0.15) is 103 Å². The number of nitro groups is 1. The predicted octanol–water partition coefficient (Wildman–Crippen LogP) is 4.57. The van der Waals surface area contributed by atoms with E-state index in [0.717, 1.165) is 43.7 Å². The van der Waals surface area contributed by atoms with E-state index in [4.69, 9.17) is 132 Å². The first-order valence-electron chi connectivity index (χ1n) is 38.8. The molecule has 784 valence electrons. The van der Waals surface area contributed by atoms with E-state index < -0.39 is 213 Å². The van der Waals surface area contributed by atoms with E-state index >= 15 is 0 Å². The number of ether oxygens (including phenoxy) is 1. The number of aliphatic carboxylic acids is 10. The molecule has 0 amide bonds. The summed E-state index contributed by atoms with van der Waals surface area (Å²) in [5.74, 6) is -25.7. The molecular weight excluding hydrogens is 2120 g/mol. The number of phenols is 2. The van der Waals surface area contributed by atoms with Crippen molar-refractivity contribution in [2.24, 2.45) is 5.92 Å². The van der Waals surface area contributed by atoms with E-state index in [9.17, 15) is 120 Å². The smallest absolute Gasteiger partial charge is 0.506 e. The minimum Gasteiger partial charge on any atom is -0.507 e. The summed E-state index contributed by atoms with van der Waals surface area (Å²) in [5.41, 5.74) is -2.31. The Balaban J connectivity index is 0. The molecular formula is C88H85Br2N3O52S. The number of aromatic hydroxyl groups is 2. The number of aryl methyl sites for hydroxylation is 1. The summed E-state index contributed by atoms with van der Waals surface area (Å²) in [6.07, 6.45) is -20.8. The number of hydrogen-bond acceptors (Lipinski definition) is 34. The van der Waals surface area contributed by atoms with Crippen LogP contribution < -0.4 is 11.2 Å². The average Bonchev–Trinajstić information content (AvgIpc) is 0.806. The first kappa shape index (κ1) is 130. The second-order valence-corrected chi connectivity index (χ2v) is 30.5. The number of aliphatic hydroxyl groups is 7. The summed E-state index contributed by atoms with van der Waals surface area (Å²) in [7, 11) is -4.02. The molecule has 10 rings (SSSR count). The Morgan fingerprint density at radius 3 is 1.18 bits per heavy atom. The molecule has 29 N–H and O–H groups in total. The number of aliphatic hydroxyl groups excluding tert-OH is 6. The normalized spacial score (nSPS) is 11.6. The van der Waals surface area contributed by atoms with Gasteiger partial charge in [0.25, 0.3) is 21.4 Å². The van der Waals surface area contributed by atoms with Crippen LogP contribution in [0.25, 0.3) is 10.8 Å². The third-order valence-electron chi connectivity index (χ3n) is 16.6. The quantitative estimate of drug-likeness (QED) is 0.00963. The van der Waals surface area contributed by atoms with Crippen molar-refractivity contribution >= 4 is 166 Å². The molecule has 0 aliphatic heterocycles. The van der Waals surface area contributed by atoms with Crippen LogP contribution in [-0.4, -0.2) is 316 Å². The van der Waals surface area contributed by atoms with Crippen LogP contribution >= 0.6 is 31.9 Å². The second kappa shape index (κ2) is 65.1. The van der Waals surface area contributed by atoms with Gasteiger partial charge in [-0.05, 0) is 103 Å². The van der Waals surface area contributed by atoms with Gasteiger partial charge in [0.1, 0.15) is 46.4 Å². The Morgan fingerprint density at radius 2 is 0.836 bits per heavy atom. The number of aromatic amines is 2. The van der Waals surface area contributed by atoms with Crippen LogP contribution in [0.3, 0.4) is 0 Å². The molecule has 1 aromatic heterocycles. The Labute approximate surface area is 831 Å². The van der Waals surface area contributed by atoms with Crippen molar-refractivity contribution in [1.82, 2.24) is 9.97 Å².